The van der Waals surface area contributed by atoms with Crippen molar-refractivity contribution in [3.8, 4) is 0 Å². The monoisotopic (exact) mass is 444 g/mol. The summed E-state index contributed by atoms with van der Waals surface area (Å²) in [7, 11) is 0. The molecule has 1 amide bonds. The standard InChI is InChI=1S/C20H28N4O3.2ClH/c25-17(22-10-15-9-21-1-2-27-15)16-11-23-19(24-18(16)26)20-6-12-3-13(7-20)5-14(4-12)8-20;;/h11-15,21H,1-10H2,(H,22,25)(H,23,24,26);2*1H. The van der Waals surface area contributed by atoms with Crippen molar-refractivity contribution in [1.29, 1.82) is 0 Å². The third kappa shape index (κ3) is 4.33. The largest absolute Gasteiger partial charge is 0.374 e. The molecule has 9 heteroatoms. The lowest BCUT2D eigenvalue weighted by Crippen LogP contribution is -2.50. The van der Waals surface area contributed by atoms with E-state index in [1.54, 1.807) is 0 Å². The number of ether oxygens (including phenoxy) is 1. The Bertz CT molecular complexity index is 759. The summed E-state index contributed by atoms with van der Waals surface area (Å²) in [5, 5.41) is 6.02. The molecule has 4 saturated carbocycles. The number of amides is 1. The van der Waals surface area contributed by atoms with E-state index in [2.05, 4.69) is 20.6 Å². The molecular formula is C20H30Cl2N4O3. The number of H-pyrrole nitrogens is 1. The Morgan fingerprint density at radius 1 is 1.17 bits per heavy atom. The molecule has 162 valence electrons. The van der Waals surface area contributed by atoms with E-state index in [1.807, 2.05) is 0 Å². The molecule has 4 bridgehead atoms. The lowest BCUT2D eigenvalue weighted by molar-refractivity contribution is -0.00954. The van der Waals surface area contributed by atoms with Crippen molar-refractivity contribution >= 4 is 30.7 Å². The highest BCUT2D eigenvalue weighted by molar-refractivity contribution is 5.93. The van der Waals surface area contributed by atoms with E-state index in [1.165, 1.54) is 25.5 Å². The molecule has 1 saturated heterocycles. The average molecular weight is 445 g/mol. The predicted molar refractivity (Wildman–Crippen MR) is 114 cm³/mol. The topological polar surface area (TPSA) is 96.1 Å². The maximum Gasteiger partial charge on any atom is 0.263 e. The van der Waals surface area contributed by atoms with Gasteiger partial charge in [-0.25, -0.2) is 4.98 Å². The van der Waals surface area contributed by atoms with E-state index in [-0.39, 0.29) is 53.4 Å². The predicted octanol–water partition coefficient (Wildman–Crippen LogP) is 1.80. The first-order valence-electron chi connectivity index (χ1n) is 10.3. The van der Waals surface area contributed by atoms with Crippen molar-refractivity contribution in [3.63, 3.8) is 0 Å². The summed E-state index contributed by atoms with van der Waals surface area (Å²) >= 11 is 0. The number of nitrogens with zero attached hydrogens (tertiary/aromatic N) is 1. The summed E-state index contributed by atoms with van der Waals surface area (Å²) in [6.45, 7) is 2.57. The molecule has 6 rings (SSSR count). The Kier molecular flexibility index (Phi) is 6.93. The third-order valence-corrected chi connectivity index (χ3v) is 7.08. The second kappa shape index (κ2) is 8.92. The molecule has 1 unspecified atom stereocenters. The SMILES string of the molecule is Cl.Cl.O=C(NCC1CNCCO1)c1cnc(C23CC4CC(CC(C4)C2)C3)[nH]c1=O. The number of carbonyl (C=O) groups is 1. The van der Waals surface area contributed by atoms with Gasteiger partial charge in [-0.2, -0.15) is 0 Å². The van der Waals surface area contributed by atoms with Gasteiger partial charge in [0, 0.05) is 31.2 Å². The first kappa shape index (κ1) is 22.5. The molecule has 1 aliphatic heterocycles. The minimum atomic E-state index is -0.380. The van der Waals surface area contributed by atoms with Gasteiger partial charge in [-0.3, -0.25) is 9.59 Å². The quantitative estimate of drug-likeness (QED) is 0.657. The van der Waals surface area contributed by atoms with Crippen LogP contribution in [0.5, 0.6) is 0 Å². The van der Waals surface area contributed by atoms with E-state index in [9.17, 15) is 9.59 Å². The maximum atomic E-state index is 12.6. The highest BCUT2D eigenvalue weighted by Gasteiger charge is 2.52. The van der Waals surface area contributed by atoms with E-state index in [0.717, 1.165) is 49.4 Å². The zero-order chi connectivity index (χ0) is 18.4. The number of nitrogens with one attached hydrogen (secondary N) is 3. The average Bonchev–Trinajstić information content (AvgIpc) is 2.66. The molecule has 29 heavy (non-hydrogen) atoms. The van der Waals surface area contributed by atoms with Gasteiger partial charge in [0.05, 0.1) is 12.7 Å². The van der Waals surface area contributed by atoms with Crippen LogP contribution in [-0.4, -0.2) is 48.2 Å². The number of rotatable bonds is 4. The minimum Gasteiger partial charge on any atom is -0.374 e. The van der Waals surface area contributed by atoms with Gasteiger partial charge in [0.2, 0.25) is 0 Å². The number of morpholine rings is 1. The van der Waals surface area contributed by atoms with Crippen molar-refractivity contribution in [1.82, 2.24) is 20.6 Å². The highest BCUT2D eigenvalue weighted by atomic mass is 35.5. The van der Waals surface area contributed by atoms with Gasteiger partial charge in [-0.05, 0) is 56.3 Å². The van der Waals surface area contributed by atoms with Gasteiger partial charge in [0.1, 0.15) is 11.4 Å². The summed E-state index contributed by atoms with van der Waals surface area (Å²) in [6, 6.07) is 0. The highest BCUT2D eigenvalue weighted by Crippen LogP contribution is 2.59. The van der Waals surface area contributed by atoms with Crippen LogP contribution in [0.15, 0.2) is 11.0 Å². The molecular weight excluding hydrogens is 415 g/mol. The fraction of sp³-hybridized carbons (Fsp3) is 0.750. The van der Waals surface area contributed by atoms with E-state index < -0.39 is 0 Å². The Balaban J connectivity index is 0.00000120. The van der Waals surface area contributed by atoms with Crippen LogP contribution < -0.4 is 16.2 Å². The van der Waals surface area contributed by atoms with Crippen LogP contribution in [0.2, 0.25) is 0 Å². The molecule has 1 aromatic rings. The third-order valence-electron chi connectivity index (χ3n) is 7.08. The molecule has 1 aromatic heterocycles. The Morgan fingerprint density at radius 2 is 1.83 bits per heavy atom. The molecule has 0 spiro atoms. The smallest absolute Gasteiger partial charge is 0.263 e. The summed E-state index contributed by atoms with van der Waals surface area (Å²) in [4.78, 5) is 32.6. The fourth-order valence-corrected chi connectivity index (χ4v) is 6.28. The first-order chi connectivity index (χ1) is 13.1. The van der Waals surface area contributed by atoms with Crippen LogP contribution in [0.3, 0.4) is 0 Å². The van der Waals surface area contributed by atoms with Gasteiger partial charge in [0.25, 0.3) is 11.5 Å². The van der Waals surface area contributed by atoms with Crippen molar-refractivity contribution < 1.29 is 9.53 Å². The Hall–Kier alpha value is -1.15. The molecule has 0 aromatic carbocycles. The zero-order valence-corrected chi connectivity index (χ0v) is 18.1. The van der Waals surface area contributed by atoms with E-state index >= 15 is 0 Å². The minimum absolute atomic E-state index is 0. The van der Waals surface area contributed by atoms with Crippen LogP contribution in [0.4, 0.5) is 0 Å². The summed E-state index contributed by atoms with van der Waals surface area (Å²) in [5.41, 5.74) is -0.201. The molecule has 4 aliphatic carbocycles. The summed E-state index contributed by atoms with van der Waals surface area (Å²) < 4.78 is 5.57. The summed E-state index contributed by atoms with van der Waals surface area (Å²) in [5.74, 6) is 2.79. The Labute approximate surface area is 183 Å². The van der Waals surface area contributed by atoms with Crippen LogP contribution in [0.25, 0.3) is 0 Å². The van der Waals surface area contributed by atoms with Crippen LogP contribution in [0, 0.1) is 17.8 Å². The number of carbonyl (C=O) groups excluding carboxylic acids is 1. The number of hydrogen-bond donors (Lipinski definition) is 3. The number of hydrogen-bond acceptors (Lipinski definition) is 5. The molecule has 0 radical (unpaired) electrons. The van der Waals surface area contributed by atoms with Gasteiger partial charge < -0.3 is 20.4 Å². The van der Waals surface area contributed by atoms with Crippen LogP contribution >= 0.6 is 24.8 Å². The number of aromatic nitrogens is 2. The zero-order valence-electron chi connectivity index (χ0n) is 16.4. The van der Waals surface area contributed by atoms with Gasteiger partial charge in [-0.1, -0.05) is 0 Å². The first-order valence-corrected chi connectivity index (χ1v) is 10.3. The van der Waals surface area contributed by atoms with Gasteiger partial charge >= 0.3 is 0 Å². The second-order valence-electron chi connectivity index (χ2n) is 9.08. The van der Waals surface area contributed by atoms with Crippen molar-refractivity contribution in [2.75, 3.05) is 26.2 Å². The summed E-state index contributed by atoms with van der Waals surface area (Å²) in [6.07, 6.45) is 8.88. The lowest BCUT2D eigenvalue weighted by Gasteiger charge is -2.56. The number of aromatic amines is 1. The van der Waals surface area contributed by atoms with Crippen molar-refractivity contribution in [3.05, 3.63) is 27.9 Å². The molecule has 5 aliphatic rings. The van der Waals surface area contributed by atoms with Gasteiger partial charge in [-0.15, -0.1) is 24.8 Å². The normalized spacial score (nSPS) is 34.8. The lowest BCUT2D eigenvalue weighted by atomic mass is 9.49. The van der Waals surface area contributed by atoms with E-state index in [0.29, 0.717) is 19.7 Å². The molecule has 3 N–H and O–H groups in total. The molecule has 1 atom stereocenters. The van der Waals surface area contributed by atoms with Crippen molar-refractivity contribution in [2.45, 2.75) is 50.0 Å². The van der Waals surface area contributed by atoms with Crippen LogP contribution in [-0.2, 0) is 10.2 Å². The van der Waals surface area contributed by atoms with E-state index in [4.69, 9.17) is 4.74 Å². The molecule has 2 heterocycles. The molecule has 7 nitrogen and oxygen atoms in total. The fourth-order valence-electron chi connectivity index (χ4n) is 6.28. The number of halogens is 2. The second-order valence-corrected chi connectivity index (χ2v) is 9.08. The van der Waals surface area contributed by atoms with Crippen molar-refractivity contribution in [2.24, 2.45) is 17.8 Å². The maximum absolute atomic E-state index is 12.6. The van der Waals surface area contributed by atoms with Crippen LogP contribution in [0.1, 0.15) is 54.7 Å². The Morgan fingerprint density at radius 3 is 2.38 bits per heavy atom. The van der Waals surface area contributed by atoms with Gasteiger partial charge in [0.15, 0.2) is 0 Å². The molecule has 5 fully saturated rings.